The summed E-state index contributed by atoms with van der Waals surface area (Å²) < 4.78 is 24.7. The molecule has 0 saturated carbocycles. The molecule has 106 valence electrons. The van der Waals surface area contributed by atoms with E-state index in [4.69, 9.17) is 5.73 Å². The second-order valence-corrected chi connectivity index (χ2v) is 6.64. The predicted octanol–water partition coefficient (Wildman–Crippen LogP) is -0.279. The first-order valence-corrected chi connectivity index (χ1v) is 7.48. The zero-order valence-corrected chi connectivity index (χ0v) is 11.9. The van der Waals surface area contributed by atoms with Crippen LogP contribution < -0.4 is 15.8 Å². The van der Waals surface area contributed by atoms with Gasteiger partial charge < -0.3 is 11.1 Å². The second kappa shape index (κ2) is 5.54. The number of nitrogens with two attached hydrogens (primary N) is 1. The van der Waals surface area contributed by atoms with Gasteiger partial charge in [0.15, 0.2) is 0 Å². The third-order valence-corrected chi connectivity index (χ3v) is 3.08. The van der Waals surface area contributed by atoms with Gasteiger partial charge in [-0.3, -0.25) is 4.79 Å². The lowest BCUT2D eigenvalue weighted by atomic mass is 10.1. The van der Waals surface area contributed by atoms with Crippen molar-refractivity contribution in [3.63, 3.8) is 0 Å². The largest absolute Gasteiger partial charge is 0.384 e. The molecule has 19 heavy (non-hydrogen) atoms. The zero-order chi connectivity index (χ0) is 14.7. The number of nitrogens with zero attached hydrogens (tertiary/aromatic N) is 1. The number of amides is 1. The van der Waals surface area contributed by atoms with E-state index in [1.165, 1.54) is 6.07 Å². The number of rotatable bonds is 5. The van der Waals surface area contributed by atoms with Crippen molar-refractivity contribution in [2.75, 3.05) is 18.5 Å². The Bertz CT molecular complexity index is 569. The van der Waals surface area contributed by atoms with Crippen LogP contribution in [0, 0.1) is 0 Å². The molecule has 8 heteroatoms. The van der Waals surface area contributed by atoms with Crippen LogP contribution in [0.2, 0.25) is 0 Å². The van der Waals surface area contributed by atoms with Gasteiger partial charge in [-0.15, -0.1) is 0 Å². The Balaban J connectivity index is 2.64. The number of pyridine rings is 1. The maximum atomic E-state index is 11.8. The van der Waals surface area contributed by atoms with Crippen molar-refractivity contribution in [2.24, 2.45) is 0 Å². The average molecular weight is 286 g/mol. The lowest BCUT2D eigenvalue weighted by molar-refractivity contribution is 0.0939. The minimum atomic E-state index is -3.34. The topological polar surface area (TPSA) is 114 Å². The second-order valence-electron chi connectivity index (χ2n) is 4.89. The van der Waals surface area contributed by atoms with Crippen LogP contribution in [0.3, 0.4) is 0 Å². The Labute approximate surface area is 112 Å². The van der Waals surface area contributed by atoms with E-state index in [0.717, 1.165) is 6.26 Å². The van der Waals surface area contributed by atoms with E-state index in [2.05, 4.69) is 15.0 Å². The lowest BCUT2D eigenvalue weighted by Gasteiger charge is -2.25. The summed E-state index contributed by atoms with van der Waals surface area (Å²) in [7, 11) is -3.34. The molecular weight excluding hydrogens is 268 g/mol. The standard InChI is InChI=1S/C11H18N4O3S/c1-11(2,15-19(3,17)18)7-13-10(16)8-5-4-6-9(12)14-8/h4-6,15H,7H2,1-3H3,(H2,12,14)(H,13,16). The predicted molar refractivity (Wildman–Crippen MR) is 73.0 cm³/mol. The first-order valence-electron chi connectivity index (χ1n) is 5.59. The molecule has 0 aliphatic heterocycles. The minimum Gasteiger partial charge on any atom is -0.384 e. The van der Waals surface area contributed by atoms with Crippen molar-refractivity contribution in [3.05, 3.63) is 23.9 Å². The average Bonchev–Trinajstić information content (AvgIpc) is 2.22. The highest BCUT2D eigenvalue weighted by molar-refractivity contribution is 7.88. The maximum Gasteiger partial charge on any atom is 0.270 e. The Morgan fingerprint density at radius 3 is 2.58 bits per heavy atom. The quantitative estimate of drug-likeness (QED) is 0.689. The zero-order valence-electron chi connectivity index (χ0n) is 11.1. The first kappa shape index (κ1) is 15.4. The van der Waals surface area contributed by atoms with Crippen LogP contribution in [0.15, 0.2) is 18.2 Å². The summed E-state index contributed by atoms with van der Waals surface area (Å²) in [5.41, 5.74) is 4.88. The molecule has 1 amide bonds. The fraction of sp³-hybridized carbons (Fsp3) is 0.455. The monoisotopic (exact) mass is 286 g/mol. The van der Waals surface area contributed by atoms with Gasteiger partial charge >= 0.3 is 0 Å². The number of aromatic nitrogens is 1. The number of anilines is 1. The molecule has 0 aromatic carbocycles. The summed E-state index contributed by atoms with van der Waals surface area (Å²) in [5.74, 6) is -0.156. The highest BCUT2D eigenvalue weighted by Gasteiger charge is 2.23. The fourth-order valence-electron chi connectivity index (χ4n) is 1.51. The summed E-state index contributed by atoms with van der Waals surface area (Å²) in [6.07, 6.45) is 1.07. The van der Waals surface area contributed by atoms with Gasteiger partial charge in [-0.05, 0) is 26.0 Å². The Kier molecular flexibility index (Phi) is 4.48. The number of nitrogens with one attached hydrogen (secondary N) is 2. The number of nitrogen functional groups attached to an aromatic ring is 1. The number of sulfonamides is 1. The van der Waals surface area contributed by atoms with E-state index in [-0.39, 0.29) is 18.1 Å². The fourth-order valence-corrected chi connectivity index (χ4v) is 2.58. The van der Waals surface area contributed by atoms with Crippen molar-refractivity contribution in [2.45, 2.75) is 19.4 Å². The molecule has 0 radical (unpaired) electrons. The minimum absolute atomic E-state index is 0.134. The molecule has 0 atom stereocenters. The first-order chi connectivity index (χ1) is 8.59. The van der Waals surface area contributed by atoms with E-state index in [0.29, 0.717) is 0 Å². The van der Waals surface area contributed by atoms with Crippen LogP contribution in [0.4, 0.5) is 5.82 Å². The Morgan fingerprint density at radius 1 is 1.42 bits per heavy atom. The van der Waals surface area contributed by atoms with Gasteiger partial charge in [-0.2, -0.15) is 0 Å². The summed E-state index contributed by atoms with van der Waals surface area (Å²) in [6.45, 7) is 3.47. The van der Waals surface area contributed by atoms with E-state index < -0.39 is 21.5 Å². The number of carbonyl (C=O) groups is 1. The highest BCUT2D eigenvalue weighted by atomic mass is 32.2. The molecule has 1 heterocycles. The van der Waals surface area contributed by atoms with E-state index >= 15 is 0 Å². The molecule has 1 aromatic rings. The van der Waals surface area contributed by atoms with Gasteiger partial charge in [0.1, 0.15) is 11.5 Å². The molecular formula is C11H18N4O3S. The van der Waals surface area contributed by atoms with Gasteiger partial charge in [0, 0.05) is 12.1 Å². The molecule has 1 aromatic heterocycles. The maximum absolute atomic E-state index is 11.8. The van der Waals surface area contributed by atoms with Crippen LogP contribution in [-0.4, -0.2) is 37.6 Å². The summed E-state index contributed by atoms with van der Waals surface area (Å²) in [4.78, 5) is 15.7. The van der Waals surface area contributed by atoms with Gasteiger partial charge in [-0.1, -0.05) is 6.07 Å². The smallest absolute Gasteiger partial charge is 0.270 e. The van der Waals surface area contributed by atoms with Crippen molar-refractivity contribution in [3.8, 4) is 0 Å². The Hall–Kier alpha value is -1.67. The van der Waals surface area contributed by atoms with Gasteiger partial charge in [0.25, 0.3) is 5.91 Å². The molecule has 4 N–H and O–H groups in total. The molecule has 1 rings (SSSR count). The molecule has 0 unspecified atom stereocenters. The van der Waals surface area contributed by atoms with E-state index in [1.807, 2.05) is 0 Å². The van der Waals surface area contributed by atoms with Crippen LogP contribution >= 0.6 is 0 Å². The van der Waals surface area contributed by atoms with Crippen molar-refractivity contribution >= 4 is 21.7 Å². The van der Waals surface area contributed by atoms with Crippen molar-refractivity contribution in [1.82, 2.24) is 15.0 Å². The summed E-state index contributed by atoms with van der Waals surface area (Å²) >= 11 is 0. The van der Waals surface area contributed by atoms with Gasteiger partial charge in [-0.25, -0.2) is 18.1 Å². The van der Waals surface area contributed by atoms with Gasteiger partial charge in [0.05, 0.1) is 6.26 Å². The van der Waals surface area contributed by atoms with Gasteiger partial charge in [0.2, 0.25) is 10.0 Å². The van der Waals surface area contributed by atoms with Crippen LogP contribution in [0.25, 0.3) is 0 Å². The Morgan fingerprint density at radius 2 is 2.05 bits per heavy atom. The highest BCUT2D eigenvalue weighted by Crippen LogP contribution is 2.04. The molecule has 7 nitrogen and oxygen atoms in total. The van der Waals surface area contributed by atoms with Crippen LogP contribution in [0.1, 0.15) is 24.3 Å². The molecule has 0 saturated heterocycles. The molecule has 0 spiro atoms. The summed E-state index contributed by atoms with van der Waals surface area (Å²) in [6, 6.07) is 4.73. The lowest BCUT2D eigenvalue weighted by Crippen LogP contribution is -2.51. The van der Waals surface area contributed by atoms with E-state index in [1.54, 1.807) is 26.0 Å². The third-order valence-electron chi connectivity index (χ3n) is 2.16. The molecule has 0 aliphatic rings. The number of carbonyl (C=O) groups excluding carboxylic acids is 1. The van der Waals surface area contributed by atoms with Crippen LogP contribution in [-0.2, 0) is 10.0 Å². The normalized spacial score (nSPS) is 12.2. The molecule has 0 aliphatic carbocycles. The molecule has 0 bridgehead atoms. The summed E-state index contributed by atoms with van der Waals surface area (Å²) in [5, 5.41) is 2.61. The third kappa shape index (κ3) is 5.66. The van der Waals surface area contributed by atoms with Crippen molar-refractivity contribution < 1.29 is 13.2 Å². The van der Waals surface area contributed by atoms with E-state index in [9.17, 15) is 13.2 Å². The molecule has 0 fully saturated rings. The van der Waals surface area contributed by atoms with Crippen molar-refractivity contribution in [1.29, 1.82) is 0 Å². The number of hydrogen-bond donors (Lipinski definition) is 3. The number of hydrogen-bond acceptors (Lipinski definition) is 5. The van der Waals surface area contributed by atoms with Crippen LogP contribution in [0.5, 0.6) is 0 Å². The SMILES string of the molecule is CC(C)(CNC(=O)c1cccc(N)n1)NS(C)(=O)=O.